The van der Waals surface area contributed by atoms with Crippen LogP contribution in [0.4, 0.5) is 5.13 Å². The third kappa shape index (κ3) is 3.51. The van der Waals surface area contributed by atoms with Crippen LogP contribution < -0.4 is 4.90 Å². The number of aliphatic imine (C=N–C) groups is 1. The lowest BCUT2D eigenvalue weighted by molar-refractivity contribution is -0.113. The molecule has 1 aromatic heterocycles. The SMILES string of the molecule is O=C(O)c1ccc2nc(N3C(=O)C(=Cc4ccccc4)N=C3c3ccccc3)sc2c1. The van der Waals surface area contributed by atoms with Crippen molar-refractivity contribution in [3.8, 4) is 0 Å². The van der Waals surface area contributed by atoms with Crippen LogP contribution in [0.1, 0.15) is 21.5 Å². The molecular formula is C24H15N3O3S. The lowest BCUT2D eigenvalue weighted by Crippen LogP contribution is -2.32. The molecule has 31 heavy (non-hydrogen) atoms. The zero-order valence-corrected chi connectivity index (χ0v) is 16.9. The number of rotatable bonds is 4. The van der Waals surface area contributed by atoms with Gasteiger partial charge >= 0.3 is 5.97 Å². The van der Waals surface area contributed by atoms with E-state index < -0.39 is 5.97 Å². The maximum Gasteiger partial charge on any atom is 0.335 e. The molecule has 0 saturated carbocycles. The first-order valence-corrected chi connectivity index (χ1v) is 10.3. The quantitative estimate of drug-likeness (QED) is 0.475. The lowest BCUT2D eigenvalue weighted by atomic mass is 10.2. The molecule has 0 atom stereocenters. The third-order valence-electron chi connectivity index (χ3n) is 4.81. The van der Waals surface area contributed by atoms with Gasteiger partial charge in [-0.05, 0) is 29.8 Å². The maximum atomic E-state index is 13.4. The van der Waals surface area contributed by atoms with Gasteiger partial charge in [-0.25, -0.2) is 19.7 Å². The van der Waals surface area contributed by atoms with Crippen LogP contribution in [0.2, 0.25) is 0 Å². The molecule has 0 unspecified atom stereocenters. The van der Waals surface area contributed by atoms with E-state index in [1.54, 1.807) is 18.2 Å². The normalized spacial score (nSPS) is 15.0. The van der Waals surface area contributed by atoms with Crippen LogP contribution in [0.3, 0.4) is 0 Å². The van der Waals surface area contributed by atoms with Gasteiger partial charge in [0, 0.05) is 5.56 Å². The number of thiazole rings is 1. The van der Waals surface area contributed by atoms with E-state index in [2.05, 4.69) is 9.98 Å². The minimum Gasteiger partial charge on any atom is -0.478 e. The summed E-state index contributed by atoms with van der Waals surface area (Å²) in [6, 6.07) is 23.7. The monoisotopic (exact) mass is 425 g/mol. The summed E-state index contributed by atoms with van der Waals surface area (Å²) in [7, 11) is 0. The molecular weight excluding hydrogens is 410 g/mol. The van der Waals surface area contributed by atoms with Crippen molar-refractivity contribution in [2.45, 2.75) is 0 Å². The van der Waals surface area contributed by atoms with E-state index in [1.807, 2.05) is 60.7 Å². The summed E-state index contributed by atoms with van der Waals surface area (Å²) in [6.45, 7) is 0. The maximum absolute atomic E-state index is 13.4. The summed E-state index contributed by atoms with van der Waals surface area (Å²) in [4.78, 5) is 35.4. The van der Waals surface area contributed by atoms with Crippen LogP contribution in [0, 0.1) is 0 Å². The molecule has 1 N–H and O–H groups in total. The number of aromatic carboxylic acids is 1. The Bertz CT molecular complexity index is 1380. The number of carboxylic acid groups (broad SMARTS) is 1. The minimum atomic E-state index is -1.01. The topological polar surface area (TPSA) is 82.9 Å². The highest BCUT2D eigenvalue weighted by atomic mass is 32.1. The van der Waals surface area contributed by atoms with Crippen LogP contribution in [0.25, 0.3) is 16.3 Å². The van der Waals surface area contributed by atoms with Crippen LogP contribution >= 0.6 is 11.3 Å². The number of fused-ring (bicyclic) bond motifs is 1. The Hall–Kier alpha value is -4.10. The first-order chi connectivity index (χ1) is 15.1. The van der Waals surface area contributed by atoms with Gasteiger partial charge in [-0.2, -0.15) is 0 Å². The molecule has 0 radical (unpaired) electrons. The molecule has 2 heterocycles. The van der Waals surface area contributed by atoms with Crippen LogP contribution in [0.15, 0.2) is 89.6 Å². The van der Waals surface area contributed by atoms with Gasteiger partial charge in [-0.15, -0.1) is 0 Å². The minimum absolute atomic E-state index is 0.178. The molecule has 150 valence electrons. The molecule has 3 aromatic carbocycles. The average molecular weight is 425 g/mol. The Labute approximate surface area is 181 Å². The average Bonchev–Trinajstić information content (AvgIpc) is 3.35. The predicted octanol–water partition coefficient (Wildman–Crippen LogP) is 4.83. The van der Waals surface area contributed by atoms with Crippen molar-refractivity contribution in [3.05, 3.63) is 101 Å². The number of nitrogens with zero attached hydrogens (tertiary/aromatic N) is 3. The number of anilines is 1. The van der Waals surface area contributed by atoms with Gasteiger partial charge in [-0.3, -0.25) is 4.79 Å². The second-order valence-corrected chi connectivity index (χ2v) is 7.88. The lowest BCUT2D eigenvalue weighted by Gasteiger charge is -2.14. The van der Waals surface area contributed by atoms with Gasteiger partial charge in [0.1, 0.15) is 11.5 Å². The van der Waals surface area contributed by atoms with E-state index in [9.17, 15) is 14.7 Å². The Balaban J connectivity index is 1.63. The summed E-state index contributed by atoms with van der Waals surface area (Å²) in [5.74, 6) is -0.792. The summed E-state index contributed by atoms with van der Waals surface area (Å²) in [5, 5.41) is 9.71. The van der Waals surface area contributed by atoms with E-state index in [0.717, 1.165) is 11.1 Å². The summed E-state index contributed by atoms with van der Waals surface area (Å²) in [5.41, 5.74) is 2.79. The molecule has 0 aliphatic carbocycles. The van der Waals surface area contributed by atoms with Gasteiger partial charge in [-0.1, -0.05) is 72.0 Å². The van der Waals surface area contributed by atoms with Gasteiger partial charge in [0.25, 0.3) is 5.91 Å². The first-order valence-electron chi connectivity index (χ1n) is 9.49. The third-order valence-corrected chi connectivity index (χ3v) is 5.81. The molecule has 1 aliphatic rings. The molecule has 6 nitrogen and oxygen atoms in total. The standard InChI is InChI=1S/C24H15N3O3S/c28-22-19(13-15-7-3-1-4-8-15)25-21(16-9-5-2-6-10-16)27(22)24-26-18-12-11-17(23(29)30)14-20(18)31-24/h1-14H,(H,29,30). The van der Waals surface area contributed by atoms with Crippen LogP contribution in [-0.4, -0.2) is 27.8 Å². The molecule has 5 rings (SSSR count). The Morgan fingerprint density at radius 1 is 0.968 bits per heavy atom. The molecule has 1 amide bonds. The Morgan fingerprint density at radius 2 is 1.68 bits per heavy atom. The molecule has 0 fully saturated rings. The van der Waals surface area contributed by atoms with E-state index in [1.165, 1.54) is 22.3 Å². The highest BCUT2D eigenvalue weighted by Crippen LogP contribution is 2.34. The second kappa shape index (κ2) is 7.62. The number of carbonyl (C=O) groups is 2. The van der Waals surface area contributed by atoms with E-state index in [4.69, 9.17) is 0 Å². The van der Waals surface area contributed by atoms with Crippen molar-refractivity contribution in [1.29, 1.82) is 0 Å². The van der Waals surface area contributed by atoms with Crippen molar-refractivity contribution in [1.82, 2.24) is 4.98 Å². The van der Waals surface area contributed by atoms with Crippen molar-refractivity contribution < 1.29 is 14.7 Å². The number of aromatic nitrogens is 1. The number of carboxylic acids is 1. The Morgan fingerprint density at radius 3 is 2.39 bits per heavy atom. The van der Waals surface area contributed by atoms with E-state index in [0.29, 0.717) is 26.9 Å². The first kappa shape index (κ1) is 18.9. The fourth-order valence-corrected chi connectivity index (χ4v) is 4.33. The molecule has 1 aliphatic heterocycles. The number of amides is 1. The smallest absolute Gasteiger partial charge is 0.335 e. The number of amidine groups is 1. The highest BCUT2D eigenvalue weighted by Gasteiger charge is 2.34. The van der Waals surface area contributed by atoms with Crippen molar-refractivity contribution in [3.63, 3.8) is 0 Å². The molecule has 0 saturated heterocycles. The van der Waals surface area contributed by atoms with Gasteiger partial charge < -0.3 is 5.11 Å². The zero-order chi connectivity index (χ0) is 21.4. The zero-order valence-electron chi connectivity index (χ0n) is 16.1. The number of benzene rings is 3. The molecule has 0 bridgehead atoms. The van der Waals surface area contributed by atoms with Gasteiger partial charge in [0.15, 0.2) is 5.13 Å². The Kier molecular flexibility index (Phi) is 4.65. The summed E-state index contributed by atoms with van der Waals surface area (Å²) < 4.78 is 0.690. The van der Waals surface area contributed by atoms with Gasteiger partial charge in [0.2, 0.25) is 0 Å². The fourth-order valence-electron chi connectivity index (χ4n) is 3.32. The van der Waals surface area contributed by atoms with Crippen molar-refractivity contribution >= 4 is 50.5 Å². The predicted molar refractivity (Wildman–Crippen MR) is 121 cm³/mol. The van der Waals surface area contributed by atoms with Crippen molar-refractivity contribution in [2.75, 3.05) is 4.90 Å². The van der Waals surface area contributed by atoms with Crippen molar-refractivity contribution in [2.24, 2.45) is 4.99 Å². The largest absolute Gasteiger partial charge is 0.478 e. The molecule has 4 aromatic rings. The van der Waals surface area contributed by atoms with Gasteiger partial charge in [0.05, 0.1) is 15.8 Å². The highest BCUT2D eigenvalue weighted by molar-refractivity contribution is 7.22. The molecule has 7 heteroatoms. The fraction of sp³-hybridized carbons (Fsp3) is 0. The number of carbonyl (C=O) groups excluding carboxylic acids is 1. The van der Waals surface area contributed by atoms with Crippen LogP contribution in [0.5, 0.6) is 0 Å². The summed E-state index contributed by atoms with van der Waals surface area (Å²) >= 11 is 1.26. The summed E-state index contributed by atoms with van der Waals surface area (Å²) in [6.07, 6.45) is 1.75. The number of hydrogen-bond donors (Lipinski definition) is 1. The van der Waals surface area contributed by atoms with E-state index >= 15 is 0 Å². The van der Waals surface area contributed by atoms with E-state index in [-0.39, 0.29) is 11.5 Å². The van der Waals surface area contributed by atoms with Crippen LogP contribution in [-0.2, 0) is 4.79 Å². The number of hydrogen-bond acceptors (Lipinski definition) is 5. The molecule has 0 spiro atoms. The second-order valence-electron chi connectivity index (χ2n) is 6.87.